The minimum Gasteiger partial charge on any atom is -0.392 e. The number of hydrogen-bond acceptors (Lipinski definition) is 2. The lowest BCUT2D eigenvalue weighted by Crippen LogP contribution is -2.37. The Morgan fingerprint density at radius 3 is 2.59 bits per heavy atom. The van der Waals surface area contributed by atoms with Gasteiger partial charge in [-0.1, -0.05) is 36.0 Å². The molecule has 0 aliphatic heterocycles. The molecular weight excluding hydrogens is 252 g/mol. The van der Waals surface area contributed by atoms with Crippen molar-refractivity contribution in [1.29, 1.82) is 0 Å². The van der Waals surface area contributed by atoms with Crippen molar-refractivity contribution in [3.8, 4) is 0 Å². The van der Waals surface area contributed by atoms with Crippen LogP contribution in [0.5, 0.6) is 0 Å². The number of benzene rings is 1. The third kappa shape index (κ3) is 4.62. The van der Waals surface area contributed by atoms with Crippen molar-refractivity contribution in [2.75, 3.05) is 6.54 Å². The first-order chi connectivity index (χ1) is 7.90. The van der Waals surface area contributed by atoms with E-state index < -0.39 is 0 Å². The van der Waals surface area contributed by atoms with Crippen LogP contribution in [-0.2, 0) is 6.54 Å². The average Bonchev–Trinajstić information content (AvgIpc) is 2.19. The first-order valence-corrected chi connectivity index (χ1v) is 6.46. The lowest BCUT2D eigenvalue weighted by Gasteiger charge is -2.26. The van der Waals surface area contributed by atoms with Gasteiger partial charge in [-0.25, -0.2) is 0 Å². The molecular formula is C13H19ClN2S. The number of thiocarbonyl (C=S) groups is 1. The van der Waals surface area contributed by atoms with Gasteiger partial charge in [-0.05, 0) is 38.0 Å². The van der Waals surface area contributed by atoms with E-state index in [1.54, 1.807) is 0 Å². The topological polar surface area (TPSA) is 29.3 Å². The van der Waals surface area contributed by atoms with E-state index in [4.69, 9.17) is 29.6 Å². The van der Waals surface area contributed by atoms with Gasteiger partial charge in [-0.15, -0.1) is 0 Å². The van der Waals surface area contributed by atoms with Crippen molar-refractivity contribution in [3.63, 3.8) is 0 Å². The molecule has 17 heavy (non-hydrogen) atoms. The summed E-state index contributed by atoms with van der Waals surface area (Å²) in [6.45, 7) is 7.68. The summed E-state index contributed by atoms with van der Waals surface area (Å²) in [5.41, 5.74) is 7.89. The highest BCUT2D eigenvalue weighted by Gasteiger charge is 2.12. The third-order valence-corrected chi connectivity index (χ3v) is 3.15. The number of aryl methyl sites for hydroxylation is 1. The highest BCUT2D eigenvalue weighted by Crippen LogP contribution is 2.20. The molecule has 94 valence electrons. The lowest BCUT2D eigenvalue weighted by molar-refractivity contribution is 0.245. The highest BCUT2D eigenvalue weighted by molar-refractivity contribution is 7.80. The number of nitrogens with two attached hydrogens (primary N) is 1. The lowest BCUT2D eigenvalue weighted by atomic mass is 10.1. The van der Waals surface area contributed by atoms with Crippen LogP contribution in [0.4, 0.5) is 0 Å². The number of rotatable bonds is 5. The molecule has 0 saturated heterocycles. The van der Waals surface area contributed by atoms with Crippen LogP contribution in [0.3, 0.4) is 0 Å². The van der Waals surface area contributed by atoms with Gasteiger partial charge in [0, 0.05) is 24.2 Å². The second-order valence-electron chi connectivity index (χ2n) is 4.56. The molecule has 0 spiro atoms. The van der Waals surface area contributed by atoms with Crippen molar-refractivity contribution < 1.29 is 0 Å². The van der Waals surface area contributed by atoms with Gasteiger partial charge >= 0.3 is 0 Å². The highest BCUT2D eigenvalue weighted by atomic mass is 35.5. The molecule has 0 aliphatic carbocycles. The molecule has 2 nitrogen and oxygen atoms in total. The molecule has 0 unspecified atom stereocenters. The molecule has 1 rings (SSSR count). The normalized spacial score (nSPS) is 11.2. The van der Waals surface area contributed by atoms with Crippen LogP contribution in [0.1, 0.15) is 25.0 Å². The molecule has 0 amide bonds. The van der Waals surface area contributed by atoms with Gasteiger partial charge in [0.25, 0.3) is 0 Å². The van der Waals surface area contributed by atoms with E-state index in [9.17, 15) is 0 Å². The van der Waals surface area contributed by atoms with E-state index in [2.05, 4.69) is 30.9 Å². The third-order valence-electron chi connectivity index (χ3n) is 2.67. The van der Waals surface area contributed by atoms with E-state index in [1.165, 1.54) is 5.56 Å². The Bertz CT molecular complexity index is 404. The Balaban J connectivity index is 2.82. The molecule has 0 atom stereocenters. The second kappa shape index (κ2) is 6.34. The molecule has 0 fully saturated rings. The predicted octanol–water partition coefficient (Wildman–Crippen LogP) is 3.14. The molecule has 0 saturated carbocycles. The molecule has 1 aromatic carbocycles. The standard InChI is InChI=1S/C13H19ClN2S/c1-9(2)16(8-13(15)17)7-11-5-4-10(3)6-12(11)14/h4-6,9H,7-8H2,1-3H3,(H2,15,17). The second-order valence-corrected chi connectivity index (χ2v) is 5.49. The van der Waals surface area contributed by atoms with Crippen LogP contribution in [0.2, 0.25) is 5.02 Å². The zero-order valence-corrected chi connectivity index (χ0v) is 12.1. The number of halogens is 1. The Labute approximate surface area is 114 Å². The monoisotopic (exact) mass is 270 g/mol. The van der Waals surface area contributed by atoms with E-state index >= 15 is 0 Å². The summed E-state index contributed by atoms with van der Waals surface area (Å²) in [4.78, 5) is 2.72. The number of hydrogen-bond donors (Lipinski definition) is 1. The molecule has 0 bridgehead atoms. The van der Waals surface area contributed by atoms with Gasteiger partial charge in [0.05, 0.1) is 4.99 Å². The summed E-state index contributed by atoms with van der Waals surface area (Å²) >= 11 is 11.2. The molecule has 4 heteroatoms. The maximum Gasteiger partial charge on any atom is 0.0870 e. The van der Waals surface area contributed by atoms with Crippen LogP contribution in [-0.4, -0.2) is 22.5 Å². The summed E-state index contributed by atoms with van der Waals surface area (Å²) in [6.07, 6.45) is 0. The van der Waals surface area contributed by atoms with Crippen molar-refractivity contribution in [2.24, 2.45) is 5.73 Å². The average molecular weight is 271 g/mol. The van der Waals surface area contributed by atoms with Crippen LogP contribution in [0, 0.1) is 6.92 Å². The zero-order valence-electron chi connectivity index (χ0n) is 10.5. The smallest absolute Gasteiger partial charge is 0.0870 e. The first-order valence-electron chi connectivity index (χ1n) is 5.67. The fourth-order valence-corrected chi connectivity index (χ4v) is 2.08. The minimum absolute atomic E-state index is 0.383. The van der Waals surface area contributed by atoms with Gasteiger partial charge in [0.1, 0.15) is 0 Å². The summed E-state index contributed by atoms with van der Waals surface area (Å²) in [5.74, 6) is 0. The summed E-state index contributed by atoms with van der Waals surface area (Å²) in [7, 11) is 0. The first kappa shape index (κ1) is 14.4. The van der Waals surface area contributed by atoms with Gasteiger partial charge in [-0.2, -0.15) is 0 Å². The van der Waals surface area contributed by atoms with Gasteiger partial charge in [0.15, 0.2) is 0 Å². The van der Waals surface area contributed by atoms with E-state index in [1.807, 2.05) is 13.0 Å². The summed E-state index contributed by atoms with van der Waals surface area (Å²) in [6, 6.07) is 6.50. The van der Waals surface area contributed by atoms with Gasteiger partial charge in [0.2, 0.25) is 0 Å². The Kier molecular flexibility index (Phi) is 5.37. The predicted molar refractivity (Wildman–Crippen MR) is 78.5 cm³/mol. The van der Waals surface area contributed by atoms with Gasteiger partial charge in [-0.3, -0.25) is 4.90 Å². The maximum absolute atomic E-state index is 6.22. The van der Waals surface area contributed by atoms with Crippen LogP contribution in [0.15, 0.2) is 18.2 Å². The Morgan fingerprint density at radius 2 is 2.12 bits per heavy atom. The van der Waals surface area contributed by atoms with Crippen molar-refractivity contribution in [3.05, 3.63) is 34.3 Å². The van der Waals surface area contributed by atoms with E-state index in [-0.39, 0.29) is 0 Å². The molecule has 0 aromatic heterocycles. The largest absolute Gasteiger partial charge is 0.392 e. The van der Waals surface area contributed by atoms with Crippen molar-refractivity contribution in [2.45, 2.75) is 33.4 Å². The summed E-state index contributed by atoms with van der Waals surface area (Å²) < 4.78 is 0. The zero-order chi connectivity index (χ0) is 13.0. The SMILES string of the molecule is Cc1ccc(CN(CC(N)=S)C(C)C)c(Cl)c1. The van der Waals surface area contributed by atoms with Crippen LogP contribution < -0.4 is 5.73 Å². The van der Waals surface area contributed by atoms with E-state index in [0.29, 0.717) is 17.6 Å². The van der Waals surface area contributed by atoms with Crippen LogP contribution in [0.25, 0.3) is 0 Å². The summed E-state index contributed by atoms with van der Waals surface area (Å²) in [5, 5.41) is 0.804. The van der Waals surface area contributed by atoms with E-state index in [0.717, 1.165) is 17.1 Å². The molecule has 2 N–H and O–H groups in total. The van der Waals surface area contributed by atoms with Gasteiger partial charge < -0.3 is 5.73 Å². The fourth-order valence-electron chi connectivity index (χ4n) is 1.62. The van der Waals surface area contributed by atoms with Crippen LogP contribution >= 0.6 is 23.8 Å². The fraction of sp³-hybridized carbons (Fsp3) is 0.462. The molecule has 0 aliphatic rings. The number of nitrogens with zero attached hydrogens (tertiary/aromatic N) is 1. The molecule has 1 aromatic rings. The Hall–Kier alpha value is -0.640. The maximum atomic E-state index is 6.22. The van der Waals surface area contributed by atoms with Crippen molar-refractivity contribution in [1.82, 2.24) is 4.90 Å². The molecule has 0 radical (unpaired) electrons. The van der Waals surface area contributed by atoms with Crippen molar-refractivity contribution >= 4 is 28.8 Å². The Morgan fingerprint density at radius 1 is 1.47 bits per heavy atom. The minimum atomic E-state index is 0.383. The molecule has 0 heterocycles. The quantitative estimate of drug-likeness (QED) is 0.834.